The highest BCUT2D eigenvalue weighted by Gasteiger charge is 2.14. The first kappa shape index (κ1) is 12.8. The van der Waals surface area contributed by atoms with Gasteiger partial charge in [-0.3, -0.25) is 10.8 Å². The Kier molecular flexibility index (Phi) is 4.15. The molecule has 18 heavy (non-hydrogen) atoms. The molecule has 4 nitrogen and oxygen atoms in total. The van der Waals surface area contributed by atoms with Gasteiger partial charge in [-0.25, -0.2) is 5.43 Å². The van der Waals surface area contributed by atoms with Crippen molar-refractivity contribution in [2.45, 2.75) is 6.04 Å². The van der Waals surface area contributed by atoms with Gasteiger partial charge in [-0.15, -0.1) is 0 Å². The van der Waals surface area contributed by atoms with Crippen LogP contribution in [0.1, 0.15) is 17.2 Å². The molecule has 1 aromatic heterocycles. The fourth-order valence-corrected chi connectivity index (χ4v) is 1.98. The first-order valence-corrected chi connectivity index (χ1v) is 5.83. The van der Waals surface area contributed by atoms with Gasteiger partial charge in [0.15, 0.2) is 0 Å². The molecule has 1 unspecified atom stereocenters. The van der Waals surface area contributed by atoms with E-state index in [1.165, 1.54) is 0 Å². The standard InChI is InChI=1S/C13H14ClN3O/c1-18-12-7-9(4-5-11(12)14)13(17-15)10-3-2-6-16-8-10/h2-8,13,17H,15H2,1H3. The summed E-state index contributed by atoms with van der Waals surface area (Å²) >= 11 is 6.00. The summed E-state index contributed by atoms with van der Waals surface area (Å²) in [6.07, 6.45) is 3.49. The maximum absolute atomic E-state index is 6.00. The number of nitrogens with one attached hydrogen (secondary N) is 1. The second-order valence-corrected chi connectivity index (χ2v) is 4.19. The number of hydrogen-bond donors (Lipinski definition) is 2. The molecular weight excluding hydrogens is 250 g/mol. The first-order chi connectivity index (χ1) is 8.76. The fraction of sp³-hybridized carbons (Fsp3) is 0.154. The van der Waals surface area contributed by atoms with E-state index in [0.29, 0.717) is 10.8 Å². The van der Waals surface area contributed by atoms with Crippen LogP contribution in [0.15, 0.2) is 42.7 Å². The predicted octanol–water partition coefficient (Wildman–Crippen LogP) is 2.30. The highest BCUT2D eigenvalue weighted by molar-refractivity contribution is 6.32. The van der Waals surface area contributed by atoms with Crippen molar-refractivity contribution in [3.63, 3.8) is 0 Å². The van der Waals surface area contributed by atoms with Crippen LogP contribution in [-0.2, 0) is 0 Å². The van der Waals surface area contributed by atoms with E-state index in [9.17, 15) is 0 Å². The van der Waals surface area contributed by atoms with Crippen LogP contribution < -0.4 is 16.0 Å². The molecule has 0 fully saturated rings. The highest BCUT2D eigenvalue weighted by Crippen LogP contribution is 2.29. The monoisotopic (exact) mass is 263 g/mol. The van der Waals surface area contributed by atoms with E-state index in [0.717, 1.165) is 11.1 Å². The van der Waals surface area contributed by atoms with E-state index >= 15 is 0 Å². The van der Waals surface area contributed by atoms with E-state index in [-0.39, 0.29) is 6.04 Å². The third-order valence-electron chi connectivity index (χ3n) is 2.69. The van der Waals surface area contributed by atoms with E-state index in [4.69, 9.17) is 22.2 Å². The van der Waals surface area contributed by atoms with Crippen LogP contribution in [0.3, 0.4) is 0 Å². The van der Waals surface area contributed by atoms with Crippen LogP contribution in [0.4, 0.5) is 0 Å². The molecular formula is C13H14ClN3O. The Bertz CT molecular complexity index is 519. The molecule has 1 atom stereocenters. The molecule has 0 radical (unpaired) electrons. The van der Waals surface area contributed by atoms with Gasteiger partial charge in [0.1, 0.15) is 5.75 Å². The van der Waals surface area contributed by atoms with Gasteiger partial charge in [0, 0.05) is 12.4 Å². The lowest BCUT2D eigenvalue weighted by atomic mass is 10.0. The quantitative estimate of drug-likeness (QED) is 0.656. The summed E-state index contributed by atoms with van der Waals surface area (Å²) < 4.78 is 5.20. The fourth-order valence-electron chi connectivity index (χ4n) is 1.79. The Labute approximate surface area is 111 Å². The molecule has 3 N–H and O–H groups in total. The zero-order valence-corrected chi connectivity index (χ0v) is 10.7. The van der Waals surface area contributed by atoms with Crippen molar-refractivity contribution in [3.8, 4) is 5.75 Å². The van der Waals surface area contributed by atoms with Crippen molar-refractivity contribution < 1.29 is 4.74 Å². The van der Waals surface area contributed by atoms with Gasteiger partial charge in [0.2, 0.25) is 0 Å². The average Bonchev–Trinajstić information content (AvgIpc) is 2.42. The maximum atomic E-state index is 6.00. The van der Waals surface area contributed by atoms with Crippen LogP contribution in [0, 0.1) is 0 Å². The van der Waals surface area contributed by atoms with Gasteiger partial charge in [0.25, 0.3) is 0 Å². The molecule has 0 saturated heterocycles. The van der Waals surface area contributed by atoms with Crippen molar-refractivity contribution in [2.24, 2.45) is 5.84 Å². The minimum absolute atomic E-state index is 0.148. The summed E-state index contributed by atoms with van der Waals surface area (Å²) in [6, 6.07) is 9.23. The Morgan fingerprint density at radius 1 is 1.33 bits per heavy atom. The molecule has 2 aromatic rings. The zero-order chi connectivity index (χ0) is 13.0. The first-order valence-electron chi connectivity index (χ1n) is 5.45. The molecule has 0 amide bonds. The number of nitrogens with two attached hydrogens (primary N) is 1. The number of hydrogen-bond acceptors (Lipinski definition) is 4. The molecule has 1 aromatic carbocycles. The number of aromatic nitrogens is 1. The molecule has 0 spiro atoms. The van der Waals surface area contributed by atoms with Crippen LogP contribution in [-0.4, -0.2) is 12.1 Å². The van der Waals surface area contributed by atoms with Gasteiger partial charge in [-0.2, -0.15) is 0 Å². The number of benzene rings is 1. The van der Waals surface area contributed by atoms with Crippen LogP contribution in [0.5, 0.6) is 5.75 Å². The highest BCUT2D eigenvalue weighted by atomic mass is 35.5. The molecule has 1 heterocycles. The van der Waals surface area contributed by atoms with Gasteiger partial charge >= 0.3 is 0 Å². The van der Waals surface area contributed by atoms with Gasteiger partial charge in [-0.05, 0) is 29.3 Å². The number of halogens is 1. The number of rotatable bonds is 4. The minimum Gasteiger partial charge on any atom is -0.495 e. The van der Waals surface area contributed by atoms with E-state index in [1.807, 2.05) is 24.3 Å². The predicted molar refractivity (Wildman–Crippen MR) is 71.4 cm³/mol. The normalized spacial score (nSPS) is 12.2. The van der Waals surface area contributed by atoms with Crippen LogP contribution in [0.2, 0.25) is 5.02 Å². The molecule has 0 bridgehead atoms. The number of nitrogens with zero attached hydrogens (tertiary/aromatic N) is 1. The lowest BCUT2D eigenvalue weighted by Gasteiger charge is -2.17. The number of pyridine rings is 1. The minimum atomic E-state index is -0.148. The lowest BCUT2D eigenvalue weighted by molar-refractivity contribution is 0.414. The topological polar surface area (TPSA) is 60.2 Å². The Morgan fingerprint density at radius 3 is 2.78 bits per heavy atom. The Hall–Kier alpha value is -1.62. The van der Waals surface area contributed by atoms with Crippen molar-refractivity contribution in [1.29, 1.82) is 0 Å². The van der Waals surface area contributed by atoms with Gasteiger partial charge in [0.05, 0.1) is 18.2 Å². The molecule has 0 aliphatic heterocycles. The summed E-state index contributed by atoms with van der Waals surface area (Å²) in [5.74, 6) is 6.24. The number of methoxy groups -OCH3 is 1. The second-order valence-electron chi connectivity index (χ2n) is 3.78. The third-order valence-corrected chi connectivity index (χ3v) is 3.01. The van der Waals surface area contributed by atoms with Gasteiger partial charge < -0.3 is 4.74 Å². The lowest BCUT2D eigenvalue weighted by Crippen LogP contribution is -2.28. The summed E-state index contributed by atoms with van der Waals surface area (Å²) in [5, 5.41) is 0.572. The zero-order valence-electron chi connectivity index (χ0n) is 9.93. The third kappa shape index (κ3) is 2.61. The molecule has 5 heteroatoms. The van der Waals surface area contributed by atoms with Crippen molar-refractivity contribution >= 4 is 11.6 Å². The summed E-state index contributed by atoms with van der Waals surface area (Å²) in [5.41, 5.74) is 4.71. The van der Waals surface area contributed by atoms with Crippen molar-refractivity contribution in [1.82, 2.24) is 10.4 Å². The smallest absolute Gasteiger partial charge is 0.137 e. The molecule has 2 rings (SSSR count). The van der Waals surface area contributed by atoms with E-state index < -0.39 is 0 Å². The molecule has 0 saturated carbocycles. The number of ether oxygens (including phenoxy) is 1. The summed E-state index contributed by atoms with van der Waals surface area (Å²) in [6.45, 7) is 0. The molecule has 94 valence electrons. The molecule has 0 aliphatic rings. The Morgan fingerprint density at radius 2 is 2.17 bits per heavy atom. The van der Waals surface area contributed by atoms with Crippen molar-refractivity contribution in [3.05, 3.63) is 58.9 Å². The van der Waals surface area contributed by atoms with E-state index in [1.54, 1.807) is 25.6 Å². The SMILES string of the molecule is COc1cc(C(NN)c2cccnc2)ccc1Cl. The molecule has 0 aliphatic carbocycles. The average molecular weight is 264 g/mol. The van der Waals surface area contributed by atoms with Crippen molar-refractivity contribution in [2.75, 3.05) is 7.11 Å². The maximum Gasteiger partial charge on any atom is 0.137 e. The van der Waals surface area contributed by atoms with Gasteiger partial charge in [-0.1, -0.05) is 23.7 Å². The van der Waals surface area contributed by atoms with Crippen LogP contribution >= 0.6 is 11.6 Å². The van der Waals surface area contributed by atoms with E-state index in [2.05, 4.69) is 10.4 Å². The van der Waals surface area contributed by atoms with Crippen LogP contribution in [0.25, 0.3) is 0 Å². The Balaban J connectivity index is 2.39. The summed E-state index contributed by atoms with van der Waals surface area (Å²) in [4.78, 5) is 4.09. The largest absolute Gasteiger partial charge is 0.495 e. The second kappa shape index (κ2) is 5.82. The summed E-state index contributed by atoms with van der Waals surface area (Å²) in [7, 11) is 1.58. The number of hydrazine groups is 1.